The monoisotopic (exact) mass is 514 g/mol. The molecule has 1 aliphatic heterocycles. The van der Waals surface area contributed by atoms with Crippen molar-refractivity contribution in [3.63, 3.8) is 0 Å². The van der Waals surface area contributed by atoms with E-state index in [4.69, 9.17) is 9.39 Å². The lowest BCUT2D eigenvalue weighted by Crippen LogP contribution is -2.51. The molecule has 1 saturated heterocycles. The number of phenolic OH excluding ortho intramolecular Hbond substituents is 1. The lowest BCUT2D eigenvalue weighted by molar-refractivity contribution is 0.0584. The summed E-state index contributed by atoms with van der Waals surface area (Å²) >= 11 is 0. The summed E-state index contributed by atoms with van der Waals surface area (Å²) < 4.78 is 11.6. The quantitative estimate of drug-likeness (QED) is 0.399. The van der Waals surface area contributed by atoms with Crippen molar-refractivity contribution in [1.29, 1.82) is 0 Å². The predicted molar refractivity (Wildman–Crippen MR) is 147 cm³/mol. The van der Waals surface area contributed by atoms with E-state index < -0.39 is 19.0 Å². The first-order chi connectivity index (χ1) is 18.2. The van der Waals surface area contributed by atoms with Crippen LogP contribution in [0.5, 0.6) is 5.75 Å². The third kappa shape index (κ3) is 4.79. The van der Waals surface area contributed by atoms with E-state index in [-0.39, 0.29) is 23.6 Å². The van der Waals surface area contributed by atoms with Crippen LogP contribution in [0.4, 0.5) is 0 Å². The number of carbonyl (C=O) groups is 2. The summed E-state index contributed by atoms with van der Waals surface area (Å²) in [5, 5.41) is 20.8. The highest BCUT2D eigenvalue weighted by Crippen LogP contribution is 2.51. The Hall–Kier alpha value is -3.00. The smallest absolute Gasteiger partial charge is 0.455 e. The number of carbonyl (C=O) groups excluding carboxylic acids is 2. The Balaban J connectivity index is 1.45. The molecule has 0 bridgehead atoms. The summed E-state index contributed by atoms with van der Waals surface area (Å²) in [4.78, 5) is 27.2. The van der Waals surface area contributed by atoms with Crippen molar-refractivity contribution in [3.05, 3.63) is 80.9 Å². The Labute approximate surface area is 224 Å². The van der Waals surface area contributed by atoms with E-state index in [0.29, 0.717) is 42.6 Å². The van der Waals surface area contributed by atoms with Gasteiger partial charge in [0.05, 0.1) is 12.7 Å². The maximum absolute atomic E-state index is 13.7. The minimum Gasteiger partial charge on any atom is -0.507 e. The molecule has 2 aliphatic carbocycles. The van der Waals surface area contributed by atoms with Crippen LogP contribution in [-0.2, 0) is 9.39 Å². The van der Waals surface area contributed by atoms with Crippen molar-refractivity contribution < 1.29 is 29.1 Å². The van der Waals surface area contributed by atoms with Gasteiger partial charge in [-0.25, -0.2) is 0 Å². The Morgan fingerprint density at radius 3 is 2.42 bits per heavy atom. The molecule has 2 aromatic carbocycles. The molecule has 3 aliphatic rings. The number of hydrogen-bond acceptors (Lipinski definition) is 6. The highest BCUT2D eigenvalue weighted by Gasteiger charge is 2.53. The zero-order valence-electron chi connectivity index (χ0n) is 22.5. The fraction of sp³-hybridized carbons (Fsp3) is 0.419. The fourth-order valence-corrected chi connectivity index (χ4v) is 6.76. The summed E-state index contributed by atoms with van der Waals surface area (Å²) in [5.74, 6) is -0.871. The molecule has 1 heterocycles. The maximum Gasteiger partial charge on any atom is 0.455 e. The molecule has 5 rings (SSSR count). The van der Waals surface area contributed by atoms with Gasteiger partial charge in [-0.05, 0) is 92.2 Å². The first kappa shape index (κ1) is 26.6. The van der Waals surface area contributed by atoms with Gasteiger partial charge >= 0.3 is 7.12 Å². The minimum absolute atomic E-state index is 0.00801. The molecule has 0 spiro atoms. The second-order valence-corrected chi connectivity index (χ2v) is 11.1. The van der Waals surface area contributed by atoms with Crippen molar-refractivity contribution in [1.82, 2.24) is 0 Å². The summed E-state index contributed by atoms with van der Waals surface area (Å²) in [7, 11) is 0.642. The van der Waals surface area contributed by atoms with Crippen LogP contribution in [0, 0.1) is 31.6 Å². The van der Waals surface area contributed by atoms with E-state index >= 15 is 0 Å². The summed E-state index contributed by atoms with van der Waals surface area (Å²) in [6.07, 6.45) is 3.89. The number of phenols is 1. The Morgan fingerprint density at radius 1 is 1.11 bits per heavy atom. The number of methoxy groups -OCH3 is 1. The number of aryl methyl sites for hydroxylation is 2. The van der Waals surface area contributed by atoms with Crippen molar-refractivity contribution in [2.24, 2.45) is 17.8 Å². The Bertz CT molecular complexity index is 1320. The van der Waals surface area contributed by atoms with Gasteiger partial charge in [0.25, 0.3) is 0 Å². The average Bonchev–Trinajstić information content (AvgIpc) is 2.88. The normalized spacial score (nSPS) is 25.3. The first-order valence-electron chi connectivity index (χ1n) is 13.4. The molecule has 0 amide bonds. The van der Waals surface area contributed by atoms with Crippen molar-refractivity contribution in [3.8, 4) is 5.75 Å². The van der Waals surface area contributed by atoms with E-state index in [1.54, 1.807) is 31.4 Å². The molecule has 198 valence electrons. The number of fused-ring (bicyclic) bond motifs is 4. The van der Waals surface area contributed by atoms with Crippen molar-refractivity contribution in [2.45, 2.75) is 52.5 Å². The molecular weight excluding hydrogens is 479 g/mol. The van der Waals surface area contributed by atoms with E-state index in [0.717, 1.165) is 39.8 Å². The van der Waals surface area contributed by atoms with E-state index in [2.05, 4.69) is 13.0 Å². The lowest BCUT2D eigenvalue weighted by Gasteiger charge is -2.47. The second-order valence-electron chi connectivity index (χ2n) is 11.1. The minimum atomic E-state index is -0.997. The highest BCUT2D eigenvalue weighted by molar-refractivity contribution is 6.43. The van der Waals surface area contributed by atoms with Crippen LogP contribution in [-0.4, -0.2) is 48.6 Å². The van der Waals surface area contributed by atoms with Gasteiger partial charge in [-0.1, -0.05) is 35.9 Å². The fourth-order valence-electron chi connectivity index (χ4n) is 6.76. The molecule has 0 saturated carbocycles. The number of aromatic hydroxyl groups is 1. The molecule has 38 heavy (non-hydrogen) atoms. The van der Waals surface area contributed by atoms with Crippen LogP contribution in [0.2, 0.25) is 6.32 Å². The van der Waals surface area contributed by atoms with Crippen LogP contribution in [0.3, 0.4) is 0 Å². The number of hydrogen-bond donors (Lipinski definition) is 2. The summed E-state index contributed by atoms with van der Waals surface area (Å²) in [6, 6.07) is 11.0. The summed E-state index contributed by atoms with van der Waals surface area (Å²) in [6.45, 7) is 6.22. The standard InChI is InChI=1S/C31H35BO6/c1-17(11-20-12-18(2)29(33)19(3)13-20)9-10-26-27-21(16-37-4)14-24-28(25(27)15-32(36)38-26)31(35)23-8-6-5-7-22(23)30(24)34/h5-8,11-13,24-26,28,33,36H,9-10,14-16H2,1-4H3/b17-11+/t24-,25+,26-,28-/m1/s1. The molecule has 7 heteroatoms. The number of ether oxygens (including phenoxy) is 1. The largest absolute Gasteiger partial charge is 0.507 e. The lowest BCUT2D eigenvalue weighted by atomic mass is 9.54. The number of rotatable bonds is 6. The van der Waals surface area contributed by atoms with Gasteiger partial charge in [-0.15, -0.1) is 0 Å². The third-order valence-corrected chi connectivity index (χ3v) is 8.41. The molecule has 6 nitrogen and oxygen atoms in total. The third-order valence-electron chi connectivity index (χ3n) is 8.41. The van der Waals surface area contributed by atoms with Crippen LogP contribution in [0.1, 0.15) is 63.6 Å². The molecule has 0 aromatic heterocycles. The molecule has 0 unspecified atom stereocenters. The molecular formula is C31H35BO6. The number of ketones is 2. The molecule has 2 N–H and O–H groups in total. The van der Waals surface area contributed by atoms with Gasteiger partial charge in [0, 0.05) is 30.1 Å². The molecule has 1 fully saturated rings. The average molecular weight is 514 g/mol. The highest BCUT2D eigenvalue weighted by atomic mass is 16.5. The van der Waals surface area contributed by atoms with Crippen molar-refractivity contribution in [2.75, 3.05) is 13.7 Å². The number of allylic oxidation sites excluding steroid dienone is 1. The van der Waals surface area contributed by atoms with Gasteiger partial charge in [0.1, 0.15) is 5.75 Å². The van der Waals surface area contributed by atoms with Crippen LogP contribution in [0.15, 0.2) is 53.1 Å². The Morgan fingerprint density at radius 2 is 1.76 bits per heavy atom. The van der Waals surface area contributed by atoms with Gasteiger partial charge in [0.2, 0.25) is 0 Å². The van der Waals surface area contributed by atoms with Crippen molar-refractivity contribution >= 4 is 24.8 Å². The topological polar surface area (TPSA) is 93.1 Å². The SMILES string of the molecule is COCC1=C2[C@@H](CC/C(C)=C/c3cc(C)c(O)c(C)c3)OB(O)C[C@@H]2[C@@H]2C(=O)c3ccccc3C(=O)[C@@H]2C1. The number of benzene rings is 2. The van der Waals surface area contributed by atoms with Gasteiger partial charge in [0.15, 0.2) is 11.6 Å². The molecule has 2 aromatic rings. The maximum atomic E-state index is 13.7. The predicted octanol–water partition coefficient (Wildman–Crippen LogP) is 5.35. The van der Waals surface area contributed by atoms with Crippen LogP contribution in [0.25, 0.3) is 6.08 Å². The first-order valence-corrected chi connectivity index (χ1v) is 13.4. The zero-order valence-corrected chi connectivity index (χ0v) is 22.5. The van der Waals surface area contributed by atoms with Gasteiger partial charge < -0.3 is 19.5 Å². The second kappa shape index (κ2) is 10.6. The number of Topliss-reactive ketones (excluding diaryl/α,β-unsaturated/α-hetero) is 2. The zero-order chi connectivity index (χ0) is 27.1. The van der Waals surface area contributed by atoms with Gasteiger partial charge in [-0.2, -0.15) is 0 Å². The van der Waals surface area contributed by atoms with E-state index in [9.17, 15) is 19.7 Å². The van der Waals surface area contributed by atoms with Crippen LogP contribution >= 0.6 is 0 Å². The molecule has 4 atom stereocenters. The van der Waals surface area contributed by atoms with E-state index in [1.807, 2.05) is 26.0 Å². The summed E-state index contributed by atoms with van der Waals surface area (Å²) in [5.41, 5.74) is 6.89. The van der Waals surface area contributed by atoms with E-state index in [1.165, 1.54) is 0 Å². The van der Waals surface area contributed by atoms with Gasteiger partial charge in [-0.3, -0.25) is 9.59 Å². The van der Waals surface area contributed by atoms with Crippen LogP contribution < -0.4 is 0 Å². The Kier molecular flexibility index (Phi) is 7.45. The molecule has 0 radical (unpaired) electrons.